The number of carbonyl (C=O) groups is 1. The van der Waals surface area contributed by atoms with Gasteiger partial charge in [0.2, 0.25) is 0 Å². The molecule has 9 heteroatoms. The van der Waals surface area contributed by atoms with Gasteiger partial charge >= 0.3 is 6.18 Å². The number of aromatic amines is 1. The molecule has 1 amide bonds. The Morgan fingerprint density at radius 2 is 2.11 bits per heavy atom. The summed E-state index contributed by atoms with van der Waals surface area (Å²) in [6.07, 6.45) is -1.82. The van der Waals surface area contributed by atoms with Gasteiger partial charge < -0.3 is 19.2 Å². The van der Waals surface area contributed by atoms with Crippen LogP contribution in [0.3, 0.4) is 0 Å². The topological polar surface area (TPSA) is 63.1 Å². The average molecular weight is 380 g/mol. The van der Waals surface area contributed by atoms with Gasteiger partial charge in [-0.25, -0.2) is 4.98 Å². The monoisotopic (exact) mass is 380 g/mol. The molecule has 1 aromatic carbocycles. The minimum absolute atomic E-state index is 0.0402. The first-order valence-electron chi connectivity index (χ1n) is 8.34. The highest BCUT2D eigenvalue weighted by molar-refractivity contribution is 5.98. The first-order chi connectivity index (χ1) is 12.8. The Morgan fingerprint density at radius 1 is 1.33 bits per heavy atom. The Balaban J connectivity index is 1.76. The van der Waals surface area contributed by atoms with Gasteiger partial charge in [-0.05, 0) is 25.1 Å². The molecule has 0 fully saturated rings. The van der Waals surface area contributed by atoms with E-state index < -0.39 is 12.7 Å². The third-order valence-corrected chi connectivity index (χ3v) is 4.01. The lowest BCUT2D eigenvalue weighted by Gasteiger charge is -2.17. The molecular weight excluding hydrogens is 361 g/mol. The fourth-order valence-electron chi connectivity index (χ4n) is 2.80. The summed E-state index contributed by atoms with van der Waals surface area (Å²) in [5.41, 5.74) is 1.09. The van der Waals surface area contributed by atoms with E-state index in [9.17, 15) is 18.0 Å². The van der Waals surface area contributed by atoms with Crippen LogP contribution in [0.15, 0.2) is 36.7 Å². The number of nitrogens with zero attached hydrogens (tertiary/aromatic N) is 3. The van der Waals surface area contributed by atoms with Gasteiger partial charge in [0.05, 0.1) is 13.2 Å². The van der Waals surface area contributed by atoms with Gasteiger partial charge in [-0.15, -0.1) is 0 Å². The SMILES string of the molecule is CCOc1ccc2cc(C(=O)N(C)Cc3nccn3CC(F)(F)F)[nH]c2c1. The van der Waals surface area contributed by atoms with Crippen molar-refractivity contribution < 1.29 is 22.7 Å². The summed E-state index contributed by atoms with van der Waals surface area (Å²) in [6.45, 7) is 1.23. The molecule has 3 aromatic rings. The molecule has 0 unspecified atom stereocenters. The van der Waals surface area contributed by atoms with E-state index in [2.05, 4.69) is 9.97 Å². The number of benzene rings is 1. The summed E-state index contributed by atoms with van der Waals surface area (Å²) in [4.78, 5) is 20.9. The molecule has 1 N–H and O–H groups in total. The Morgan fingerprint density at radius 3 is 2.81 bits per heavy atom. The van der Waals surface area contributed by atoms with Crippen molar-refractivity contribution in [1.29, 1.82) is 0 Å². The number of aromatic nitrogens is 3. The van der Waals surface area contributed by atoms with Gasteiger partial charge in [0.1, 0.15) is 23.8 Å². The van der Waals surface area contributed by atoms with Gasteiger partial charge in [-0.3, -0.25) is 4.79 Å². The van der Waals surface area contributed by atoms with Gasteiger partial charge in [0.15, 0.2) is 0 Å². The number of ether oxygens (including phenoxy) is 1. The van der Waals surface area contributed by atoms with Crippen molar-refractivity contribution in [3.8, 4) is 5.75 Å². The Bertz CT molecular complexity index is 946. The van der Waals surface area contributed by atoms with E-state index in [0.717, 1.165) is 15.5 Å². The van der Waals surface area contributed by atoms with Gasteiger partial charge in [-0.1, -0.05) is 0 Å². The number of rotatable bonds is 6. The Labute approximate surface area is 153 Å². The van der Waals surface area contributed by atoms with Crippen LogP contribution in [0.4, 0.5) is 13.2 Å². The molecule has 0 aliphatic carbocycles. The molecule has 144 valence electrons. The molecule has 0 aliphatic rings. The third-order valence-electron chi connectivity index (χ3n) is 4.01. The number of halogens is 3. The zero-order chi connectivity index (χ0) is 19.6. The zero-order valence-electron chi connectivity index (χ0n) is 14.9. The normalized spacial score (nSPS) is 11.7. The molecule has 6 nitrogen and oxygen atoms in total. The largest absolute Gasteiger partial charge is 0.494 e. The molecule has 0 bridgehead atoms. The van der Waals surface area contributed by atoms with Crippen LogP contribution >= 0.6 is 0 Å². The van der Waals surface area contributed by atoms with Crippen LogP contribution in [0.25, 0.3) is 10.9 Å². The number of H-pyrrole nitrogens is 1. The number of hydrogen-bond donors (Lipinski definition) is 1. The molecule has 0 atom stereocenters. The van der Waals surface area contributed by atoms with Crippen molar-refractivity contribution in [3.63, 3.8) is 0 Å². The van der Waals surface area contributed by atoms with Crippen molar-refractivity contribution >= 4 is 16.8 Å². The third kappa shape index (κ3) is 4.42. The average Bonchev–Trinajstić information content (AvgIpc) is 3.19. The smallest absolute Gasteiger partial charge is 0.406 e. The highest BCUT2D eigenvalue weighted by atomic mass is 19.4. The van der Waals surface area contributed by atoms with E-state index in [0.29, 0.717) is 18.1 Å². The second kappa shape index (κ2) is 7.34. The number of alkyl halides is 3. The minimum atomic E-state index is -4.35. The fraction of sp³-hybridized carbons (Fsp3) is 0.333. The van der Waals surface area contributed by atoms with E-state index in [4.69, 9.17) is 4.74 Å². The van der Waals surface area contributed by atoms with E-state index in [1.807, 2.05) is 19.1 Å². The van der Waals surface area contributed by atoms with Crippen molar-refractivity contribution in [3.05, 3.63) is 48.2 Å². The lowest BCUT2D eigenvalue weighted by molar-refractivity contribution is -0.141. The minimum Gasteiger partial charge on any atom is -0.494 e. The summed E-state index contributed by atoms with van der Waals surface area (Å²) < 4.78 is 44.3. The number of fused-ring (bicyclic) bond motifs is 1. The Hall–Kier alpha value is -2.97. The summed E-state index contributed by atoms with van der Waals surface area (Å²) in [7, 11) is 1.52. The number of carbonyl (C=O) groups excluding carboxylic acids is 1. The van der Waals surface area contributed by atoms with Gasteiger partial charge in [0, 0.05) is 36.4 Å². The predicted molar refractivity (Wildman–Crippen MR) is 93.5 cm³/mol. The maximum Gasteiger partial charge on any atom is 0.406 e. The molecule has 27 heavy (non-hydrogen) atoms. The number of hydrogen-bond acceptors (Lipinski definition) is 3. The number of amides is 1. The van der Waals surface area contributed by atoms with E-state index in [1.54, 1.807) is 12.1 Å². The second-order valence-electron chi connectivity index (χ2n) is 6.11. The summed E-state index contributed by atoms with van der Waals surface area (Å²) in [5, 5.41) is 0.841. The fourth-order valence-corrected chi connectivity index (χ4v) is 2.80. The molecule has 2 aromatic heterocycles. The van der Waals surface area contributed by atoms with E-state index >= 15 is 0 Å². The van der Waals surface area contributed by atoms with Gasteiger partial charge in [-0.2, -0.15) is 13.2 Å². The first kappa shape index (κ1) is 18.8. The van der Waals surface area contributed by atoms with Crippen LogP contribution in [-0.4, -0.2) is 45.2 Å². The molecule has 0 radical (unpaired) electrons. The van der Waals surface area contributed by atoms with Crippen LogP contribution in [0.2, 0.25) is 0 Å². The number of nitrogens with one attached hydrogen (secondary N) is 1. The van der Waals surface area contributed by atoms with Crippen molar-refractivity contribution in [2.75, 3.05) is 13.7 Å². The van der Waals surface area contributed by atoms with Crippen LogP contribution < -0.4 is 4.74 Å². The van der Waals surface area contributed by atoms with Crippen molar-refractivity contribution in [2.45, 2.75) is 26.2 Å². The standard InChI is InChI=1S/C18H19F3N4O2/c1-3-27-13-5-4-12-8-15(23-14(12)9-13)17(26)24(2)10-16-22-6-7-25(16)11-18(19,20)21/h4-9,23H,3,10-11H2,1-2H3. The molecule has 3 rings (SSSR count). The summed E-state index contributed by atoms with van der Waals surface area (Å²) in [5.74, 6) is 0.511. The van der Waals surface area contributed by atoms with Crippen LogP contribution in [0, 0.1) is 0 Å². The Kier molecular flexibility index (Phi) is 5.11. The van der Waals surface area contributed by atoms with Crippen LogP contribution in [-0.2, 0) is 13.1 Å². The van der Waals surface area contributed by atoms with E-state index in [1.165, 1.54) is 24.3 Å². The van der Waals surface area contributed by atoms with E-state index in [-0.39, 0.29) is 18.3 Å². The van der Waals surface area contributed by atoms with Crippen molar-refractivity contribution in [2.24, 2.45) is 0 Å². The lowest BCUT2D eigenvalue weighted by Crippen LogP contribution is -2.29. The van der Waals surface area contributed by atoms with Gasteiger partial charge in [0.25, 0.3) is 5.91 Å². The molecule has 0 saturated carbocycles. The molecule has 0 saturated heterocycles. The predicted octanol–water partition coefficient (Wildman–Crippen LogP) is 3.60. The molecule has 0 aliphatic heterocycles. The zero-order valence-corrected chi connectivity index (χ0v) is 14.9. The highest BCUT2D eigenvalue weighted by Crippen LogP contribution is 2.23. The first-order valence-corrected chi connectivity index (χ1v) is 8.34. The van der Waals surface area contributed by atoms with Crippen molar-refractivity contribution in [1.82, 2.24) is 19.4 Å². The maximum atomic E-state index is 12.7. The highest BCUT2D eigenvalue weighted by Gasteiger charge is 2.29. The second-order valence-corrected chi connectivity index (χ2v) is 6.11. The van der Waals surface area contributed by atoms with Crippen LogP contribution in [0.5, 0.6) is 5.75 Å². The molecular formula is C18H19F3N4O2. The quantitative estimate of drug-likeness (QED) is 0.711. The summed E-state index contributed by atoms with van der Waals surface area (Å²) >= 11 is 0. The molecule has 0 spiro atoms. The molecule has 2 heterocycles. The lowest BCUT2D eigenvalue weighted by atomic mass is 10.2. The maximum absolute atomic E-state index is 12.7. The summed E-state index contributed by atoms with van der Waals surface area (Å²) in [6, 6.07) is 7.15. The number of imidazole rings is 1. The van der Waals surface area contributed by atoms with Crippen LogP contribution in [0.1, 0.15) is 23.2 Å².